The fraction of sp³-hybridized carbons (Fsp3) is 0.724. The molecule has 1 rings (SSSR count). The smallest absolute Gasteiger partial charge is 0.120 e. The third-order valence-corrected chi connectivity index (χ3v) is 11.3. The molecule has 0 aliphatic heterocycles. The van der Waals surface area contributed by atoms with Crippen LogP contribution in [0.4, 0.5) is 0 Å². The average Bonchev–Trinajstić information content (AvgIpc) is 2.76. The Hall–Kier alpha value is -0.660. The van der Waals surface area contributed by atoms with E-state index < -0.39 is 26.4 Å². The van der Waals surface area contributed by atoms with Crippen LogP contribution in [0.5, 0.6) is 5.75 Å². The summed E-state index contributed by atoms with van der Waals surface area (Å²) in [5.41, 5.74) is 1.00. The van der Waals surface area contributed by atoms with Crippen LogP contribution in [0.2, 0.25) is 0 Å². The fourth-order valence-corrected chi connectivity index (χ4v) is 7.25. The van der Waals surface area contributed by atoms with Gasteiger partial charge < -0.3 is 18.8 Å². The lowest BCUT2D eigenvalue weighted by Crippen LogP contribution is -2.33. The first-order valence-electron chi connectivity index (χ1n) is 12.9. The molecule has 1 N–H and O–H groups in total. The molecule has 0 spiro atoms. The summed E-state index contributed by atoms with van der Waals surface area (Å²) in [6.07, 6.45) is 17.8. The molecule has 0 saturated carbocycles. The van der Waals surface area contributed by atoms with Gasteiger partial charge in [0.05, 0.1) is 12.7 Å². The number of aliphatic hydroxyl groups excluding tert-OH is 1. The van der Waals surface area contributed by atoms with Gasteiger partial charge in [0, 0.05) is 11.4 Å². The number of ether oxygens (including phenoxy) is 2. The van der Waals surface area contributed by atoms with Gasteiger partial charge in [0.2, 0.25) is 0 Å². The van der Waals surface area contributed by atoms with Gasteiger partial charge in [0.25, 0.3) is 0 Å². The minimum Gasteiger partial charge on any atom is -0.491 e. The van der Waals surface area contributed by atoms with Gasteiger partial charge >= 0.3 is 0 Å². The Morgan fingerprint density at radius 3 is 2.26 bits per heavy atom. The van der Waals surface area contributed by atoms with Gasteiger partial charge in [-0.05, 0) is 94.8 Å². The van der Waals surface area contributed by atoms with Gasteiger partial charge in [-0.3, -0.25) is 0 Å². The number of hydrogen-bond acceptors (Lipinski definition) is 4. The van der Waals surface area contributed by atoms with Crippen LogP contribution in [0.1, 0.15) is 65.9 Å². The third kappa shape index (κ3) is 15.2. The standard InChI is InChI=1S/C17H28O3S.C12H28OS/c1-5-15-8-6-9-17(12-15)20-14-16(18)13-19-10-7-11-21(2,3)4;1-8-10-12(5,9-2)14(6,7)13-11(3)4/h5-6,8-9,12,16,18H,1,7,10-11,13-14H2,2-4H3;11H,8-10H2,1-7H3. The molecule has 0 heterocycles. The summed E-state index contributed by atoms with van der Waals surface area (Å²) in [4.78, 5) is 0. The van der Waals surface area contributed by atoms with Crippen molar-refractivity contribution in [2.24, 2.45) is 0 Å². The molecule has 0 radical (unpaired) electrons. The largest absolute Gasteiger partial charge is 0.491 e. The van der Waals surface area contributed by atoms with E-state index in [0.29, 0.717) is 24.1 Å². The highest BCUT2D eigenvalue weighted by Gasteiger charge is 2.36. The SMILES string of the molecule is C=Cc1cccc(OCC(O)COCCCS(C)(C)C)c1.CCCC(C)(CC)S(C)(C)OC(C)C. The van der Waals surface area contributed by atoms with Crippen molar-refractivity contribution < 1.29 is 18.8 Å². The van der Waals surface area contributed by atoms with Crippen molar-refractivity contribution >= 4 is 26.4 Å². The van der Waals surface area contributed by atoms with Gasteiger partial charge in [-0.15, -0.1) is 10.3 Å². The molecule has 4 nitrogen and oxygen atoms in total. The van der Waals surface area contributed by atoms with Gasteiger partial charge in [-0.2, -0.15) is 0 Å². The highest BCUT2D eigenvalue weighted by atomic mass is 32.3. The lowest BCUT2D eigenvalue weighted by Gasteiger charge is -2.49. The molecule has 1 aromatic rings. The molecule has 0 saturated heterocycles. The first-order chi connectivity index (χ1) is 16.2. The van der Waals surface area contributed by atoms with Crippen LogP contribution < -0.4 is 4.74 Å². The molecule has 0 amide bonds. The van der Waals surface area contributed by atoms with E-state index in [4.69, 9.17) is 13.7 Å². The maximum absolute atomic E-state index is 9.83. The maximum Gasteiger partial charge on any atom is 0.120 e. The lowest BCUT2D eigenvalue weighted by molar-refractivity contribution is 0.0125. The van der Waals surface area contributed by atoms with Crippen LogP contribution in [-0.4, -0.2) is 78.9 Å². The minimum atomic E-state index is -0.933. The first kappa shape index (κ1) is 34.3. The summed E-state index contributed by atoms with van der Waals surface area (Å²) in [6.45, 7) is 16.2. The third-order valence-electron chi connectivity index (χ3n) is 6.04. The summed E-state index contributed by atoms with van der Waals surface area (Å²) in [5.74, 6) is 1.94. The van der Waals surface area contributed by atoms with Gasteiger partial charge in [0.15, 0.2) is 0 Å². The molecule has 0 bridgehead atoms. The Bertz CT molecular complexity index is 700. The molecule has 35 heavy (non-hydrogen) atoms. The van der Waals surface area contributed by atoms with Crippen molar-refractivity contribution in [2.75, 3.05) is 56.9 Å². The van der Waals surface area contributed by atoms with E-state index in [9.17, 15) is 5.11 Å². The number of benzene rings is 1. The van der Waals surface area contributed by atoms with Crippen molar-refractivity contribution in [1.29, 1.82) is 0 Å². The van der Waals surface area contributed by atoms with Crippen molar-refractivity contribution in [1.82, 2.24) is 0 Å². The molecule has 6 heteroatoms. The fourth-order valence-electron chi connectivity index (χ4n) is 3.68. The predicted octanol–water partition coefficient (Wildman–Crippen LogP) is 7.53. The summed E-state index contributed by atoms with van der Waals surface area (Å²) in [7, 11) is -1.39. The first-order valence-corrected chi connectivity index (χ1v) is 18.3. The number of aliphatic hydroxyl groups is 1. The molecular weight excluding hydrogens is 476 g/mol. The normalized spacial score (nSPS) is 15.5. The van der Waals surface area contributed by atoms with Gasteiger partial charge in [-0.25, -0.2) is 10.0 Å². The highest BCUT2D eigenvalue weighted by Crippen LogP contribution is 2.58. The van der Waals surface area contributed by atoms with E-state index in [-0.39, 0.29) is 6.61 Å². The van der Waals surface area contributed by atoms with E-state index >= 15 is 0 Å². The van der Waals surface area contributed by atoms with E-state index in [2.05, 4.69) is 72.5 Å². The van der Waals surface area contributed by atoms with Crippen LogP contribution in [-0.2, 0) is 8.92 Å². The molecular formula is C29H56O4S2. The molecule has 0 fully saturated rings. The zero-order chi connectivity index (χ0) is 27.1. The van der Waals surface area contributed by atoms with E-state index in [1.165, 1.54) is 25.0 Å². The van der Waals surface area contributed by atoms with E-state index in [1.54, 1.807) is 6.08 Å². The molecule has 2 atom stereocenters. The summed E-state index contributed by atoms with van der Waals surface area (Å²) >= 11 is 0. The Balaban J connectivity index is 0.000000720. The van der Waals surface area contributed by atoms with Gasteiger partial charge in [0.1, 0.15) is 18.5 Å². The minimum absolute atomic E-state index is 0.241. The highest BCUT2D eigenvalue weighted by molar-refractivity contribution is 8.32. The monoisotopic (exact) mass is 532 g/mol. The topological polar surface area (TPSA) is 47.9 Å². The predicted molar refractivity (Wildman–Crippen MR) is 163 cm³/mol. The summed E-state index contributed by atoms with van der Waals surface area (Å²) in [6, 6.07) is 7.63. The molecule has 0 aliphatic rings. The maximum atomic E-state index is 9.83. The second-order valence-corrected chi connectivity index (χ2v) is 19.1. The summed E-state index contributed by atoms with van der Waals surface area (Å²) in [5, 5.41) is 9.83. The molecule has 208 valence electrons. The van der Waals surface area contributed by atoms with Crippen molar-refractivity contribution in [3.05, 3.63) is 36.4 Å². The van der Waals surface area contributed by atoms with Crippen LogP contribution >= 0.6 is 20.3 Å². The zero-order valence-electron chi connectivity index (χ0n) is 24.4. The molecule has 1 aromatic carbocycles. The Morgan fingerprint density at radius 1 is 1.09 bits per heavy atom. The lowest BCUT2D eigenvalue weighted by atomic mass is 10.0. The van der Waals surface area contributed by atoms with Crippen molar-refractivity contribution in [3.63, 3.8) is 0 Å². The van der Waals surface area contributed by atoms with E-state index in [0.717, 1.165) is 17.7 Å². The summed E-state index contributed by atoms with van der Waals surface area (Å²) < 4.78 is 17.5. The van der Waals surface area contributed by atoms with Crippen molar-refractivity contribution in [3.8, 4) is 5.75 Å². The number of hydrogen-bond donors (Lipinski definition) is 1. The quantitative estimate of drug-likeness (QED) is 0.224. The zero-order valence-corrected chi connectivity index (χ0v) is 26.0. The van der Waals surface area contributed by atoms with Crippen LogP contribution in [0.15, 0.2) is 30.8 Å². The second-order valence-electron chi connectivity index (χ2n) is 10.9. The van der Waals surface area contributed by atoms with Crippen LogP contribution in [0, 0.1) is 0 Å². The number of rotatable bonds is 16. The van der Waals surface area contributed by atoms with Crippen molar-refractivity contribution in [2.45, 2.75) is 77.3 Å². The van der Waals surface area contributed by atoms with Crippen LogP contribution in [0.25, 0.3) is 6.08 Å². The molecule has 2 unspecified atom stereocenters. The van der Waals surface area contributed by atoms with Gasteiger partial charge in [-0.1, -0.05) is 45.1 Å². The molecule has 0 aromatic heterocycles. The Labute approximate surface area is 221 Å². The Kier molecular flexibility index (Phi) is 16.6. The van der Waals surface area contributed by atoms with Crippen LogP contribution in [0.3, 0.4) is 0 Å². The average molecular weight is 533 g/mol. The van der Waals surface area contributed by atoms with E-state index in [1.807, 2.05) is 24.3 Å². The Morgan fingerprint density at radius 2 is 1.74 bits per heavy atom. The molecule has 0 aliphatic carbocycles. The second kappa shape index (κ2) is 17.0.